The summed E-state index contributed by atoms with van der Waals surface area (Å²) < 4.78 is 17.0. The van der Waals surface area contributed by atoms with Crippen LogP contribution in [0.15, 0.2) is 68.3 Å². The Morgan fingerprint density at radius 3 is 2.65 bits per heavy atom. The molecule has 7 nitrogen and oxygen atoms in total. The molecule has 3 atom stereocenters. The fraction of sp³-hybridized carbons (Fsp3) is 0.333. The maximum atomic E-state index is 12.9. The third-order valence-electron chi connectivity index (χ3n) is 7.33. The van der Waals surface area contributed by atoms with E-state index in [1.54, 1.807) is 36.4 Å². The number of hydrogen-bond donors (Lipinski definition) is 0. The van der Waals surface area contributed by atoms with E-state index < -0.39 is 5.63 Å². The van der Waals surface area contributed by atoms with Crippen LogP contribution in [-0.4, -0.2) is 12.6 Å². The van der Waals surface area contributed by atoms with Crippen LogP contribution < -0.4 is 5.63 Å². The number of allylic oxidation sites excluding steroid dienone is 6. The van der Waals surface area contributed by atoms with Gasteiger partial charge in [-0.2, -0.15) is 10.5 Å². The first-order valence-corrected chi connectivity index (χ1v) is 13.3. The molecule has 0 saturated heterocycles. The first-order valence-electron chi connectivity index (χ1n) is 13.3. The highest BCUT2D eigenvalue weighted by molar-refractivity contribution is 5.84. The van der Waals surface area contributed by atoms with Crippen LogP contribution >= 0.6 is 0 Å². The Labute approximate surface area is 232 Å². The van der Waals surface area contributed by atoms with E-state index in [9.17, 15) is 20.1 Å². The van der Waals surface area contributed by atoms with Gasteiger partial charge >= 0.3 is 11.6 Å². The first kappa shape index (κ1) is 26.8. The Hall–Kier alpha value is -4.80. The van der Waals surface area contributed by atoms with Crippen molar-refractivity contribution in [2.75, 3.05) is 6.61 Å². The van der Waals surface area contributed by atoms with Crippen molar-refractivity contribution >= 4 is 23.0 Å². The van der Waals surface area contributed by atoms with E-state index in [-0.39, 0.29) is 34.7 Å². The molecule has 5 rings (SSSR count). The summed E-state index contributed by atoms with van der Waals surface area (Å²) >= 11 is 0. The highest BCUT2D eigenvalue weighted by Gasteiger charge is 2.56. The molecule has 40 heavy (non-hydrogen) atoms. The maximum absolute atomic E-state index is 12.9. The van der Waals surface area contributed by atoms with E-state index in [0.29, 0.717) is 41.3 Å². The van der Waals surface area contributed by atoms with Crippen LogP contribution in [0.4, 0.5) is 0 Å². The van der Waals surface area contributed by atoms with Gasteiger partial charge in [0.1, 0.15) is 34.8 Å². The Kier molecular flexibility index (Phi) is 6.97. The molecule has 3 unspecified atom stereocenters. The lowest BCUT2D eigenvalue weighted by Crippen LogP contribution is -2.15. The zero-order chi connectivity index (χ0) is 28.6. The van der Waals surface area contributed by atoms with Crippen molar-refractivity contribution in [1.82, 2.24) is 0 Å². The molecule has 200 valence electrons. The third kappa shape index (κ3) is 5.09. The molecular formula is C33H28N2O5. The standard InChI is InChI=1S/C33H28N2O5/c1-5-38-32(37)30-25-9-7-6-8-19-15-27-22(14-26(19)29(25)30)12-20(31(36)40-27)10-11-24-13-21(23(17-34)18-35)16-28(39-24)33(2,3)4/h10-16,25,29-30H,5,7,9H2,1-4H3/b11-10+. The molecule has 1 saturated carbocycles. The number of ether oxygens (including phenoxy) is 2. The Balaban J connectivity index is 1.52. The van der Waals surface area contributed by atoms with Gasteiger partial charge in [-0.15, -0.1) is 0 Å². The molecule has 3 aliphatic rings. The minimum absolute atomic E-state index is 0.0275. The lowest BCUT2D eigenvalue weighted by atomic mass is 9.90. The maximum Gasteiger partial charge on any atom is 0.343 e. The van der Waals surface area contributed by atoms with Crippen LogP contribution in [-0.2, 0) is 14.3 Å². The van der Waals surface area contributed by atoms with Gasteiger partial charge in [-0.25, -0.2) is 4.79 Å². The van der Waals surface area contributed by atoms with Gasteiger partial charge in [0.15, 0.2) is 0 Å². The van der Waals surface area contributed by atoms with E-state index >= 15 is 0 Å². The number of fused-ring (bicyclic) bond motifs is 4. The minimum Gasteiger partial charge on any atom is -0.466 e. The normalized spacial score (nSPS) is 21.1. The summed E-state index contributed by atoms with van der Waals surface area (Å²) in [6.45, 7) is 8.04. The van der Waals surface area contributed by atoms with Gasteiger partial charge in [-0.3, -0.25) is 4.79 Å². The van der Waals surface area contributed by atoms with Crippen molar-refractivity contribution in [3.05, 3.63) is 86.2 Å². The van der Waals surface area contributed by atoms with Crippen LogP contribution in [0, 0.1) is 51.8 Å². The highest BCUT2D eigenvalue weighted by atomic mass is 16.5. The molecule has 1 fully saturated rings. The number of carbonyl (C=O) groups is 1. The van der Waals surface area contributed by atoms with Crippen molar-refractivity contribution in [3.8, 4) is 24.0 Å². The second-order valence-corrected chi connectivity index (χ2v) is 11.1. The largest absolute Gasteiger partial charge is 0.466 e. The summed E-state index contributed by atoms with van der Waals surface area (Å²) in [5.74, 6) is 7.19. The summed E-state index contributed by atoms with van der Waals surface area (Å²) in [6.07, 6.45) is 8.04. The summed E-state index contributed by atoms with van der Waals surface area (Å²) in [5.41, 5.74) is 1.99. The average Bonchev–Trinajstić information content (AvgIpc) is 3.62. The van der Waals surface area contributed by atoms with Gasteiger partial charge in [-0.05, 0) is 67.3 Å². The number of hydrogen-bond acceptors (Lipinski definition) is 7. The van der Waals surface area contributed by atoms with Gasteiger partial charge in [0.25, 0.3) is 0 Å². The number of carbonyl (C=O) groups excluding carboxylic acids is 1. The second-order valence-electron chi connectivity index (χ2n) is 11.1. The van der Waals surface area contributed by atoms with E-state index in [0.717, 1.165) is 22.9 Å². The zero-order valence-electron chi connectivity index (χ0n) is 22.8. The van der Waals surface area contributed by atoms with Gasteiger partial charge in [0.05, 0.1) is 18.1 Å². The number of benzene rings is 1. The molecule has 0 amide bonds. The Morgan fingerprint density at radius 1 is 1.18 bits per heavy atom. The summed E-state index contributed by atoms with van der Waals surface area (Å²) in [5, 5.41) is 19.5. The van der Waals surface area contributed by atoms with E-state index in [2.05, 4.69) is 11.8 Å². The van der Waals surface area contributed by atoms with Gasteiger partial charge in [0.2, 0.25) is 0 Å². The average molecular weight is 533 g/mol. The molecule has 0 spiro atoms. The van der Waals surface area contributed by atoms with E-state index in [4.69, 9.17) is 13.9 Å². The lowest BCUT2D eigenvalue weighted by Gasteiger charge is -2.26. The smallest absolute Gasteiger partial charge is 0.343 e. The minimum atomic E-state index is -0.523. The molecule has 2 heterocycles. The molecule has 0 N–H and O–H groups in total. The van der Waals surface area contributed by atoms with Crippen LogP contribution in [0.25, 0.3) is 17.0 Å². The van der Waals surface area contributed by atoms with Crippen LogP contribution in [0.5, 0.6) is 0 Å². The molecule has 1 aliphatic heterocycles. The molecule has 2 aromatic rings. The summed E-state index contributed by atoms with van der Waals surface area (Å²) in [7, 11) is 0. The van der Waals surface area contributed by atoms with Gasteiger partial charge in [-0.1, -0.05) is 32.6 Å². The van der Waals surface area contributed by atoms with E-state index in [1.807, 2.05) is 45.9 Å². The molecule has 0 bridgehead atoms. The third-order valence-corrected chi connectivity index (χ3v) is 7.33. The molecule has 0 radical (unpaired) electrons. The second kappa shape index (κ2) is 10.4. The predicted molar refractivity (Wildman–Crippen MR) is 149 cm³/mol. The highest BCUT2D eigenvalue weighted by Crippen LogP contribution is 2.58. The number of nitrogens with zero attached hydrogens (tertiary/aromatic N) is 2. The van der Waals surface area contributed by atoms with Gasteiger partial charge in [0, 0.05) is 34.3 Å². The van der Waals surface area contributed by atoms with Crippen molar-refractivity contribution < 1.29 is 18.7 Å². The van der Waals surface area contributed by atoms with Crippen LogP contribution in [0.2, 0.25) is 0 Å². The number of nitriles is 2. The van der Waals surface area contributed by atoms with Crippen molar-refractivity contribution in [3.63, 3.8) is 0 Å². The van der Waals surface area contributed by atoms with Crippen LogP contribution in [0.1, 0.15) is 63.1 Å². The number of rotatable bonds is 4. The fourth-order valence-corrected chi connectivity index (χ4v) is 5.26. The summed E-state index contributed by atoms with van der Waals surface area (Å²) in [4.78, 5) is 25.5. The fourth-order valence-electron chi connectivity index (χ4n) is 5.26. The first-order chi connectivity index (χ1) is 19.1. The van der Waals surface area contributed by atoms with Crippen molar-refractivity contribution in [2.45, 2.75) is 46.5 Å². The summed E-state index contributed by atoms with van der Waals surface area (Å²) in [6, 6.07) is 9.34. The molecule has 2 aliphatic carbocycles. The SMILES string of the molecule is CCOC(=O)C1C2CCC#Cc3cc4oc(=O)c(/C=C/C5=CC(=C(C#N)C#N)C=C(C(C)(C)C)O5)cc4cc3C21. The van der Waals surface area contributed by atoms with Gasteiger partial charge < -0.3 is 13.9 Å². The molecular weight excluding hydrogens is 504 g/mol. The molecule has 1 aromatic carbocycles. The van der Waals surface area contributed by atoms with Crippen LogP contribution in [0.3, 0.4) is 0 Å². The van der Waals surface area contributed by atoms with Crippen molar-refractivity contribution in [1.29, 1.82) is 10.5 Å². The predicted octanol–water partition coefficient (Wildman–Crippen LogP) is 6.03. The molecule has 7 heteroatoms. The quantitative estimate of drug-likeness (QED) is 0.204. The zero-order valence-corrected chi connectivity index (χ0v) is 22.8. The van der Waals surface area contributed by atoms with E-state index in [1.165, 1.54) is 0 Å². The topological polar surface area (TPSA) is 113 Å². The van der Waals surface area contributed by atoms with Crippen molar-refractivity contribution in [2.24, 2.45) is 17.3 Å². The lowest BCUT2D eigenvalue weighted by molar-refractivity contribution is -0.145. The number of esters is 1. The Bertz CT molecular complexity index is 1740. The monoisotopic (exact) mass is 532 g/mol. The Morgan fingerprint density at radius 2 is 1.95 bits per heavy atom. The molecule has 1 aromatic heterocycles.